The standard InChI is InChI=1S/C25H29N3O6S2/c1-15(2)12-13-25(3)18-9-7-6-8-17(18)22(29)21(23(25)30)24-26-19-11-10-16(28(4)35(5,31)32)14-20(19)36(33,34)27-24/h6-11,14-15,29H,12-13H2,1-5H3,(H,26,27)/t25-/m1/s1. The summed E-state index contributed by atoms with van der Waals surface area (Å²) in [6, 6.07) is 11.1. The van der Waals surface area contributed by atoms with Crippen molar-refractivity contribution in [2.75, 3.05) is 22.9 Å². The van der Waals surface area contributed by atoms with E-state index in [9.17, 15) is 26.7 Å². The zero-order valence-corrected chi connectivity index (χ0v) is 22.4. The molecule has 0 unspecified atom stereocenters. The lowest BCUT2D eigenvalue weighted by molar-refractivity contribution is -0.120. The highest BCUT2D eigenvalue weighted by Gasteiger charge is 2.46. The molecule has 0 aromatic heterocycles. The molecule has 11 heteroatoms. The molecule has 192 valence electrons. The van der Waals surface area contributed by atoms with Gasteiger partial charge in [-0.2, -0.15) is 8.42 Å². The lowest BCUT2D eigenvalue weighted by atomic mass is 9.66. The highest BCUT2D eigenvalue weighted by atomic mass is 32.2. The van der Waals surface area contributed by atoms with Gasteiger partial charge in [-0.05, 0) is 49.4 Å². The molecule has 0 amide bonds. The first-order valence-corrected chi connectivity index (χ1v) is 14.7. The number of rotatable bonds is 6. The number of nitrogens with zero attached hydrogens (tertiary/aromatic N) is 2. The average Bonchev–Trinajstić information content (AvgIpc) is 2.80. The number of aliphatic hydroxyl groups excluding tert-OH is 1. The first-order valence-electron chi connectivity index (χ1n) is 11.4. The minimum atomic E-state index is -4.32. The molecule has 4 rings (SSSR count). The Morgan fingerprint density at radius 2 is 1.83 bits per heavy atom. The van der Waals surface area contributed by atoms with Gasteiger partial charge in [-0.25, -0.2) is 8.42 Å². The highest BCUT2D eigenvalue weighted by Crippen LogP contribution is 2.44. The summed E-state index contributed by atoms with van der Waals surface area (Å²) in [7, 11) is -6.63. The minimum Gasteiger partial charge on any atom is -0.506 e. The molecule has 0 spiro atoms. The van der Waals surface area contributed by atoms with Gasteiger partial charge in [0.2, 0.25) is 10.0 Å². The number of nitrogens with one attached hydrogen (secondary N) is 1. The first kappa shape index (κ1) is 25.9. The molecular formula is C25H29N3O6S2. The maximum atomic E-state index is 13.9. The van der Waals surface area contributed by atoms with Crippen LogP contribution < -0.4 is 9.62 Å². The Bertz CT molecular complexity index is 1540. The number of carbonyl (C=O) groups is 1. The number of hydrogen-bond acceptors (Lipinski definition) is 7. The zero-order chi connectivity index (χ0) is 26.6. The molecule has 2 N–H and O–H groups in total. The van der Waals surface area contributed by atoms with Crippen molar-refractivity contribution in [3.63, 3.8) is 0 Å². The Balaban J connectivity index is 1.85. The summed E-state index contributed by atoms with van der Waals surface area (Å²) in [6.45, 7) is 5.92. The SMILES string of the molecule is CC(C)CC[C@@]1(C)C(=O)C(C2=NS(=O)(=O)c3cc(N(C)S(C)(=O)=O)ccc3N2)=C(O)c2ccccc21. The fourth-order valence-electron chi connectivity index (χ4n) is 4.50. The predicted octanol–water partition coefficient (Wildman–Crippen LogP) is 3.84. The highest BCUT2D eigenvalue weighted by molar-refractivity contribution is 7.92. The van der Waals surface area contributed by atoms with Crippen LogP contribution in [-0.2, 0) is 30.3 Å². The van der Waals surface area contributed by atoms with E-state index in [0.717, 1.165) is 17.0 Å². The summed E-state index contributed by atoms with van der Waals surface area (Å²) >= 11 is 0. The van der Waals surface area contributed by atoms with Gasteiger partial charge in [0.1, 0.15) is 16.2 Å². The summed E-state index contributed by atoms with van der Waals surface area (Å²) in [5.74, 6) is -0.686. The smallest absolute Gasteiger partial charge is 0.286 e. The molecule has 0 saturated carbocycles. The van der Waals surface area contributed by atoms with Crippen molar-refractivity contribution in [2.24, 2.45) is 10.3 Å². The Hall–Kier alpha value is -3.18. The number of sulfonamides is 2. The molecule has 2 aromatic rings. The van der Waals surface area contributed by atoms with Crippen LogP contribution in [0.5, 0.6) is 0 Å². The van der Waals surface area contributed by atoms with Crippen molar-refractivity contribution in [3.05, 3.63) is 59.2 Å². The Kier molecular flexibility index (Phi) is 6.28. The summed E-state index contributed by atoms with van der Waals surface area (Å²) in [4.78, 5) is 13.7. The fraction of sp³-hybridized carbons (Fsp3) is 0.360. The molecule has 36 heavy (non-hydrogen) atoms. The third-order valence-corrected chi connectivity index (χ3v) is 9.29. The summed E-state index contributed by atoms with van der Waals surface area (Å²) in [6.07, 6.45) is 2.27. The van der Waals surface area contributed by atoms with Gasteiger partial charge in [-0.15, -0.1) is 4.40 Å². The second-order valence-corrected chi connectivity index (χ2v) is 13.4. The van der Waals surface area contributed by atoms with Crippen molar-refractivity contribution >= 4 is 48.8 Å². The van der Waals surface area contributed by atoms with Crippen LogP contribution in [0.2, 0.25) is 0 Å². The summed E-state index contributed by atoms with van der Waals surface area (Å²) in [5.41, 5.74) is 0.235. The van der Waals surface area contributed by atoms with Crippen molar-refractivity contribution in [3.8, 4) is 0 Å². The molecule has 1 aliphatic carbocycles. The topological polar surface area (TPSA) is 133 Å². The van der Waals surface area contributed by atoms with E-state index in [0.29, 0.717) is 23.5 Å². The minimum absolute atomic E-state index is 0.126. The van der Waals surface area contributed by atoms with Crippen molar-refractivity contribution in [2.45, 2.75) is 43.9 Å². The van der Waals surface area contributed by atoms with Crippen LogP contribution in [0.25, 0.3) is 5.76 Å². The van der Waals surface area contributed by atoms with Gasteiger partial charge in [0.15, 0.2) is 11.6 Å². The number of aliphatic hydroxyl groups is 1. The van der Waals surface area contributed by atoms with E-state index in [2.05, 4.69) is 23.6 Å². The fourth-order valence-corrected chi connectivity index (χ4v) is 6.14. The number of amidine groups is 1. The molecular weight excluding hydrogens is 502 g/mol. The van der Waals surface area contributed by atoms with E-state index in [1.54, 1.807) is 18.2 Å². The van der Waals surface area contributed by atoms with Crippen molar-refractivity contribution in [1.29, 1.82) is 0 Å². The molecule has 2 aromatic carbocycles. The maximum absolute atomic E-state index is 13.9. The summed E-state index contributed by atoms with van der Waals surface area (Å²) in [5, 5.41) is 14.0. The van der Waals surface area contributed by atoms with Crippen LogP contribution >= 0.6 is 0 Å². The number of ketones is 1. The summed E-state index contributed by atoms with van der Waals surface area (Å²) < 4.78 is 55.0. The van der Waals surface area contributed by atoms with Crippen LogP contribution in [0.15, 0.2) is 57.3 Å². The number of anilines is 2. The van der Waals surface area contributed by atoms with Gasteiger partial charge in [0.25, 0.3) is 10.0 Å². The molecule has 1 aliphatic heterocycles. The molecule has 0 bridgehead atoms. The second-order valence-electron chi connectivity index (χ2n) is 9.81. The zero-order valence-electron chi connectivity index (χ0n) is 20.7. The van der Waals surface area contributed by atoms with E-state index in [1.807, 2.05) is 13.0 Å². The maximum Gasteiger partial charge on any atom is 0.286 e. The second kappa shape index (κ2) is 8.74. The van der Waals surface area contributed by atoms with Gasteiger partial charge in [0.05, 0.1) is 23.0 Å². The first-order chi connectivity index (χ1) is 16.7. The Labute approximate surface area is 211 Å². The van der Waals surface area contributed by atoms with Crippen molar-refractivity contribution < 1.29 is 26.7 Å². The molecule has 0 fully saturated rings. The van der Waals surface area contributed by atoms with E-state index < -0.39 is 31.2 Å². The van der Waals surface area contributed by atoms with Crippen LogP contribution in [-0.4, -0.2) is 46.9 Å². The number of Topliss-reactive ketones (excluding diaryl/α,β-unsaturated/α-hetero) is 1. The lowest BCUT2D eigenvalue weighted by Crippen LogP contribution is -2.42. The Morgan fingerprint density at radius 1 is 1.17 bits per heavy atom. The van der Waals surface area contributed by atoms with Gasteiger partial charge in [-0.1, -0.05) is 38.1 Å². The average molecular weight is 532 g/mol. The van der Waals surface area contributed by atoms with E-state index in [1.165, 1.54) is 25.2 Å². The van der Waals surface area contributed by atoms with Crippen molar-refractivity contribution in [1.82, 2.24) is 0 Å². The normalized spacial score (nSPS) is 20.9. The van der Waals surface area contributed by atoms with E-state index in [4.69, 9.17) is 0 Å². The molecule has 0 radical (unpaired) electrons. The molecule has 0 saturated heterocycles. The molecule has 9 nitrogen and oxygen atoms in total. The van der Waals surface area contributed by atoms with Crippen LogP contribution in [0.4, 0.5) is 11.4 Å². The lowest BCUT2D eigenvalue weighted by Gasteiger charge is -2.36. The molecule has 2 aliphatic rings. The third kappa shape index (κ3) is 4.30. The Morgan fingerprint density at radius 3 is 2.47 bits per heavy atom. The number of fused-ring (bicyclic) bond motifs is 2. The van der Waals surface area contributed by atoms with E-state index in [-0.39, 0.29) is 33.4 Å². The van der Waals surface area contributed by atoms with E-state index >= 15 is 0 Å². The number of carbonyl (C=O) groups excluding carboxylic acids is 1. The predicted molar refractivity (Wildman–Crippen MR) is 140 cm³/mol. The van der Waals surface area contributed by atoms with Gasteiger partial charge < -0.3 is 10.4 Å². The number of benzene rings is 2. The van der Waals surface area contributed by atoms with Crippen LogP contribution in [0.1, 0.15) is 44.7 Å². The van der Waals surface area contributed by atoms with Gasteiger partial charge >= 0.3 is 0 Å². The largest absolute Gasteiger partial charge is 0.506 e. The third-order valence-electron chi connectivity index (χ3n) is 6.77. The monoisotopic (exact) mass is 531 g/mol. The molecule has 1 heterocycles. The number of hydrogen-bond donors (Lipinski definition) is 2. The van der Waals surface area contributed by atoms with Crippen LogP contribution in [0.3, 0.4) is 0 Å². The van der Waals surface area contributed by atoms with Gasteiger partial charge in [-0.3, -0.25) is 9.10 Å². The molecule has 1 atom stereocenters. The van der Waals surface area contributed by atoms with Gasteiger partial charge in [0, 0.05) is 12.6 Å². The quantitative estimate of drug-likeness (QED) is 0.578. The van der Waals surface area contributed by atoms with Crippen LogP contribution in [0, 0.1) is 5.92 Å².